The van der Waals surface area contributed by atoms with E-state index in [0.29, 0.717) is 5.56 Å². The van der Waals surface area contributed by atoms with Crippen molar-refractivity contribution >= 4 is 21.7 Å². The van der Waals surface area contributed by atoms with Gasteiger partial charge in [-0.05, 0) is 25.0 Å². The molecule has 0 radical (unpaired) electrons. The average Bonchev–Trinajstić information content (AvgIpc) is 2.69. The van der Waals surface area contributed by atoms with Gasteiger partial charge in [0.05, 0.1) is 27.4 Å². The van der Waals surface area contributed by atoms with Crippen LogP contribution in [0, 0.1) is 0 Å². The molecule has 0 saturated heterocycles. The van der Waals surface area contributed by atoms with Gasteiger partial charge in [-0.3, -0.25) is 4.57 Å². The molecular weight excluding hydrogens is 399 g/mol. The molecule has 2 atom stereocenters. The minimum atomic E-state index is -3.72. The summed E-state index contributed by atoms with van der Waals surface area (Å²) in [6, 6.07) is 19.2. The summed E-state index contributed by atoms with van der Waals surface area (Å²) in [5.41, 5.74) is 1.67. The maximum Gasteiger partial charge on any atom is 0.340 e. The monoisotopic (exact) mass is 432 g/mol. The molecule has 0 aliphatic heterocycles. The molecule has 29 heavy (non-hydrogen) atoms. The summed E-state index contributed by atoms with van der Waals surface area (Å²) in [5.74, 6) is 0. The Bertz CT molecular complexity index is 823. The Hall–Kier alpha value is -1.49. The minimum Gasteiger partial charge on any atom is -0.387 e. The standard InChI is InChI=1S/C23H33O4PSi/c1-6-26-28(25,27-7-2)23(29(3,4)5,19-18-20-14-10-8-11-15-20)22(24)21-16-12-9-13-17-21/h8-19,22,24H,6-7H2,1-5H3/b19-18+. The first-order chi connectivity index (χ1) is 13.7. The van der Waals surface area contributed by atoms with Crippen LogP contribution in [0.3, 0.4) is 0 Å². The van der Waals surface area contributed by atoms with E-state index < -0.39 is 26.6 Å². The average molecular weight is 433 g/mol. The Morgan fingerprint density at radius 2 is 1.45 bits per heavy atom. The highest BCUT2D eigenvalue weighted by Gasteiger charge is 2.62. The SMILES string of the molecule is CCOP(=O)(OCC)C(/C=C/c1ccccc1)(C(O)c1ccccc1)[Si](C)(C)C. The van der Waals surface area contributed by atoms with Crippen molar-refractivity contribution in [3.63, 3.8) is 0 Å². The zero-order chi connectivity index (χ0) is 21.5. The van der Waals surface area contributed by atoms with Crippen molar-refractivity contribution in [3.05, 3.63) is 77.9 Å². The largest absolute Gasteiger partial charge is 0.387 e. The van der Waals surface area contributed by atoms with E-state index in [-0.39, 0.29) is 13.2 Å². The summed E-state index contributed by atoms with van der Waals surface area (Å²) in [7, 11) is -6.11. The summed E-state index contributed by atoms with van der Waals surface area (Å²) in [6.45, 7) is 10.4. The molecule has 1 N–H and O–H groups in total. The van der Waals surface area contributed by atoms with Gasteiger partial charge in [-0.15, -0.1) is 0 Å². The van der Waals surface area contributed by atoms with Gasteiger partial charge in [0.25, 0.3) is 0 Å². The number of benzene rings is 2. The first-order valence-electron chi connectivity index (χ1n) is 10.1. The molecule has 158 valence electrons. The molecule has 0 aromatic heterocycles. The number of rotatable bonds is 10. The van der Waals surface area contributed by atoms with E-state index in [1.54, 1.807) is 13.8 Å². The number of aliphatic hydroxyl groups excluding tert-OH is 1. The molecule has 6 heteroatoms. The lowest BCUT2D eigenvalue weighted by Crippen LogP contribution is -2.55. The lowest BCUT2D eigenvalue weighted by molar-refractivity contribution is 0.136. The third-order valence-corrected chi connectivity index (χ3v) is 13.3. The van der Waals surface area contributed by atoms with Crippen LogP contribution in [0.1, 0.15) is 31.1 Å². The van der Waals surface area contributed by atoms with Gasteiger partial charge in [0.2, 0.25) is 0 Å². The van der Waals surface area contributed by atoms with E-state index in [4.69, 9.17) is 9.05 Å². The van der Waals surface area contributed by atoms with Crippen molar-refractivity contribution in [3.8, 4) is 0 Å². The second-order valence-electron chi connectivity index (χ2n) is 7.97. The molecule has 0 saturated carbocycles. The zero-order valence-electron chi connectivity index (χ0n) is 18.0. The van der Waals surface area contributed by atoms with Crippen LogP contribution in [0.2, 0.25) is 19.6 Å². The minimum absolute atomic E-state index is 0.240. The predicted molar refractivity (Wildman–Crippen MR) is 124 cm³/mol. The molecule has 4 nitrogen and oxygen atoms in total. The molecule has 0 aliphatic rings. The van der Waals surface area contributed by atoms with Crippen molar-refractivity contribution in [2.24, 2.45) is 0 Å². The fraction of sp³-hybridized carbons (Fsp3) is 0.391. The molecular formula is C23H33O4PSi. The van der Waals surface area contributed by atoms with Crippen LogP contribution in [-0.4, -0.2) is 31.2 Å². The number of hydrogen-bond donors (Lipinski definition) is 1. The maximum atomic E-state index is 14.3. The highest BCUT2D eigenvalue weighted by atomic mass is 31.2. The van der Waals surface area contributed by atoms with Gasteiger partial charge in [-0.1, -0.05) is 92.5 Å². The van der Waals surface area contributed by atoms with Crippen LogP contribution in [-0.2, 0) is 13.6 Å². The van der Waals surface area contributed by atoms with Gasteiger partial charge < -0.3 is 14.2 Å². The van der Waals surface area contributed by atoms with Gasteiger partial charge in [-0.2, -0.15) is 0 Å². The van der Waals surface area contributed by atoms with Crippen LogP contribution in [0.15, 0.2) is 66.7 Å². The molecule has 0 amide bonds. The van der Waals surface area contributed by atoms with E-state index in [2.05, 4.69) is 19.6 Å². The molecule has 0 fully saturated rings. The van der Waals surface area contributed by atoms with Gasteiger partial charge in [0, 0.05) is 0 Å². The molecule has 2 aromatic carbocycles. The van der Waals surface area contributed by atoms with E-state index >= 15 is 0 Å². The highest BCUT2D eigenvalue weighted by Crippen LogP contribution is 2.68. The van der Waals surface area contributed by atoms with Crippen molar-refractivity contribution in [1.82, 2.24) is 0 Å². The Balaban J connectivity index is 2.78. The van der Waals surface area contributed by atoms with Crippen LogP contribution < -0.4 is 0 Å². The maximum absolute atomic E-state index is 14.3. The molecule has 0 spiro atoms. The Morgan fingerprint density at radius 1 is 0.966 bits per heavy atom. The number of hydrogen-bond acceptors (Lipinski definition) is 4. The lowest BCUT2D eigenvalue weighted by atomic mass is 10.0. The van der Waals surface area contributed by atoms with E-state index in [1.165, 1.54) is 0 Å². The molecule has 2 aromatic rings. The van der Waals surface area contributed by atoms with Crippen LogP contribution in [0.5, 0.6) is 0 Å². The van der Waals surface area contributed by atoms with Crippen molar-refractivity contribution in [2.45, 2.75) is 44.4 Å². The topological polar surface area (TPSA) is 55.8 Å². The Kier molecular flexibility index (Phi) is 8.21. The predicted octanol–water partition coefficient (Wildman–Crippen LogP) is 6.32. The van der Waals surface area contributed by atoms with Crippen molar-refractivity contribution < 1.29 is 18.7 Å². The van der Waals surface area contributed by atoms with E-state index in [1.807, 2.05) is 72.8 Å². The zero-order valence-corrected chi connectivity index (χ0v) is 19.9. The summed E-state index contributed by atoms with van der Waals surface area (Å²) in [5, 5.41) is 11.7. The van der Waals surface area contributed by atoms with Gasteiger partial charge >= 0.3 is 7.60 Å². The Labute approximate surface area is 176 Å². The van der Waals surface area contributed by atoms with Crippen LogP contribution >= 0.6 is 7.60 Å². The fourth-order valence-electron chi connectivity index (χ4n) is 3.67. The van der Waals surface area contributed by atoms with Crippen LogP contribution in [0.25, 0.3) is 6.08 Å². The second kappa shape index (κ2) is 10.0. The Morgan fingerprint density at radius 3 is 1.90 bits per heavy atom. The molecule has 0 heterocycles. The van der Waals surface area contributed by atoms with E-state index in [0.717, 1.165) is 5.56 Å². The highest BCUT2D eigenvalue weighted by molar-refractivity contribution is 7.59. The summed E-state index contributed by atoms with van der Waals surface area (Å²) >= 11 is 0. The molecule has 0 bridgehead atoms. The third kappa shape index (κ3) is 4.99. The quantitative estimate of drug-likeness (QED) is 0.353. The van der Waals surface area contributed by atoms with Crippen LogP contribution in [0.4, 0.5) is 0 Å². The summed E-state index contributed by atoms with van der Waals surface area (Å²) in [4.78, 5) is 0. The number of aliphatic hydroxyl groups is 1. The van der Waals surface area contributed by atoms with Gasteiger partial charge in [0.1, 0.15) is 4.78 Å². The smallest absolute Gasteiger partial charge is 0.340 e. The molecule has 2 unspecified atom stereocenters. The van der Waals surface area contributed by atoms with Gasteiger partial charge in [0.15, 0.2) is 0 Å². The summed E-state index contributed by atoms with van der Waals surface area (Å²) < 4.78 is 24.8. The lowest BCUT2D eigenvalue weighted by Gasteiger charge is -2.48. The third-order valence-electron chi connectivity index (χ3n) is 5.11. The molecule has 0 aliphatic carbocycles. The first kappa shape index (κ1) is 23.8. The van der Waals surface area contributed by atoms with Gasteiger partial charge in [-0.25, -0.2) is 0 Å². The van der Waals surface area contributed by atoms with Crippen molar-refractivity contribution in [2.75, 3.05) is 13.2 Å². The van der Waals surface area contributed by atoms with E-state index in [9.17, 15) is 9.67 Å². The normalized spacial score (nSPS) is 15.9. The first-order valence-corrected chi connectivity index (χ1v) is 15.1. The van der Waals surface area contributed by atoms with Crippen molar-refractivity contribution in [1.29, 1.82) is 0 Å². The second-order valence-corrected chi connectivity index (χ2v) is 16.0. The molecule has 2 rings (SSSR count). The fourth-order valence-corrected chi connectivity index (χ4v) is 10.8. The summed E-state index contributed by atoms with van der Waals surface area (Å²) in [6.07, 6.45) is 2.78.